The summed E-state index contributed by atoms with van der Waals surface area (Å²) in [7, 11) is 1.79. The van der Waals surface area contributed by atoms with Gasteiger partial charge in [0.1, 0.15) is 0 Å². The predicted octanol–water partition coefficient (Wildman–Crippen LogP) is 0.807. The average molecular weight is 152 g/mol. The summed E-state index contributed by atoms with van der Waals surface area (Å²) < 4.78 is 5.15. The van der Waals surface area contributed by atoms with E-state index in [4.69, 9.17) is 4.74 Å². The molecular weight excluding hydrogens is 138 g/mol. The fourth-order valence-electron chi connectivity index (χ4n) is 1.03. The molecule has 0 saturated carbocycles. The standard InChI is InChI=1S/C6H13NO.ClH/c1-8-6-2-4-7-5-3-6;/h6-7H,2-5H2,1H3;1H. The molecule has 0 unspecified atom stereocenters. The van der Waals surface area contributed by atoms with E-state index in [1.54, 1.807) is 7.11 Å². The summed E-state index contributed by atoms with van der Waals surface area (Å²) >= 11 is 0. The summed E-state index contributed by atoms with van der Waals surface area (Å²) in [6.45, 7) is 2.25. The van der Waals surface area contributed by atoms with E-state index in [1.165, 1.54) is 12.8 Å². The molecule has 1 rings (SSSR count). The van der Waals surface area contributed by atoms with Crippen molar-refractivity contribution in [3.05, 3.63) is 0 Å². The van der Waals surface area contributed by atoms with Crippen molar-refractivity contribution in [1.29, 1.82) is 0 Å². The van der Waals surface area contributed by atoms with Gasteiger partial charge in [0.25, 0.3) is 0 Å². The molecular formula is C6H14ClNO. The van der Waals surface area contributed by atoms with E-state index in [9.17, 15) is 0 Å². The summed E-state index contributed by atoms with van der Waals surface area (Å²) in [5.74, 6) is 0. The Hall–Kier alpha value is 0.210. The van der Waals surface area contributed by atoms with E-state index >= 15 is 0 Å². The molecule has 0 bridgehead atoms. The van der Waals surface area contributed by atoms with Gasteiger partial charge in [-0.05, 0) is 25.9 Å². The molecule has 0 amide bonds. The topological polar surface area (TPSA) is 21.3 Å². The minimum Gasteiger partial charge on any atom is -0.381 e. The Balaban J connectivity index is 0.000000640. The highest BCUT2D eigenvalue weighted by atomic mass is 35.5. The highest BCUT2D eigenvalue weighted by Crippen LogP contribution is 2.04. The molecule has 0 aliphatic carbocycles. The molecule has 0 aromatic rings. The maximum absolute atomic E-state index is 5.15. The molecule has 1 aliphatic heterocycles. The fourth-order valence-corrected chi connectivity index (χ4v) is 1.03. The third kappa shape index (κ3) is 3.04. The zero-order valence-corrected chi connectivity index (χ0v) is 6.54. The quantitative estimate of drug-likeness (QED) is 0.599. The molecule has 0 spiro atoms. The molecule has 0 aromatic carbocycles. The van der Waals surface area contributed by atoms with Crippen LogP contribution >= 0.6 is 12.4 Å². The lowest BCUT2D eigenvalue weighted by atomic mass is 10.1. The Morgan fingerprint density at radius 1 is 1.33 bits per heavy atom. The van der Waals surface area contributed by atoms with Gasteiger partial charge in [0.2, 0.25) is 0 Å². The number of ether oxygens (including phenoxy) is 1. The van der Waals surface area contributed by atoms with E-state index in [1.807, 2.05) is 0 Å². The van der Waals surface area contributed by atoms with Gasteiger partial charge in [0.15, 0.2) is 0 Å². The largest absolute Gasteiger partial charge is 0.381 e. The maximum Gasteiger partial charge on any atom is 0.0595 e. The first kappa shape index (κ1) is 9.21. The minimum atomic E-state index is 0. The Kier molecular flexibility index (Phi) is 5.15. The summed E-state index contributed by atoms with van der Waals surface area (Å²) in [6.07, 6.45) is 2.88. The second-order valence-electron chi connectivity index (χ2n) is 2.19. The van der Waals surface area contributed by atoms with Crippen molar-refractivity contribution in [1.82, 2.24) is 5.32 Å². The van der Waals surface area contributed by atoms with Gasteiger partial charge < -0.3 is 10.1 Å². The lowest BCUT2D eigenvalue weighted by molar-refractivity contribution is 0.0765. The van der Waals surface area contributed by atoms with Crippen molar-refractivity contribution in [3.8, 4) is 0 Å². The maximum atomic E-state index is 5.15. The summed E-state index contributed by atoms with van der Waals surface area (Å²) in [5.41, 5.74) is 0. The minimum absolute atomic E-state index is 0. The first-order valence-electron chi connectivity index (χ1n) is 3.17. The van der Waals surface area contributed by atoms with E-state index in [-0.39, 0.29) is 12.4 Å². The first-order valence-corrected chi connectivity index (χ1v) is 3.17. The molecule has 0 radical (unpaired) electrons. The van der Waals surface area contributed by atoms with Crippen molar-refractivity contribution in [2.45, 2.75) is 18.9 Å². The van der Waals surface area contributed by atoms with Gasteiger partial charge in [-0.1, -0.05) is 0 Å². The summed E-state index contributed by atoms with van der Waals surface area (Å²) in [4.78, 5) is 0. The monoisotopic (exact) mass is 151 g/mol. The third-order valence-electron chi connectivity index (χ3n) is 1.62. The van der Waals surface area contributed by atoms with Crippen molar-refractivity contribution in [2.24, 2.45) is 0 Å². The zero-order chi connectivity index (χ0) is 5.82. The number of rotatable bonds is 1. The van der Waals surface area contributed by atoms with Crippen molar-refractivity contribution in [3.63, 3.8) is 0 Å². The molecule has 1 heterocycles. The predicted molar refractivity (Wildman–Crippen MR) is 40.1 cm³/mol. The Morgan fingerprint density at radius 2 is 1.89 bits per heavy atom. The Morgan fingerprint density at radius 3 is 2.22 bits per heavy atom. The van der Waals surface area contributed by atoms with Crippen LogP contribution in [-0.2, 0) is 4.74 Å². The highest BCUT2D eigenvalue weighted by molar-refractivity contribution is 5.85. The van der Waals surface area contributed by atoms with Crippen LogP contribution in [0.2, 0.25) is 0 Å². The molecule has 1 N–H and O–H groups in total. The lowest BCUT2D eigenvalue weighted by Gasteiger charge is -2.20. The van der Waals surface area contributed by atoms with Crippen LogP contribution in [0.4, 0.5) is 0 Å². The van der Waals surface area contributed by atoms with Crippen molar-refractivity contribution in [2.75, 3.05) is 20.2 Å². The lowest BCUT2D eigenvalue weighted by Crippen LogP contribution is -2.31. The van der Waals surface area contributed by atoms with Crippen LogP contribution in [0.25, 0.3) is 0 Å². The van der Waals surface area contributed by atoms with Crippen LogP contribution < -0.4 is 5.32 Å². The Bertz CT molecular complexity index is 64.1. The van der Waals surface area contributed by atoms with Crippen molar-refractivity contribution >= 4 is 12.4 Å². The number of hydrogen-bond acceptors (Lipinski definition) is 2. The van der Waals surface area contributed by atoms with Crippen LogP contribution in [-0.4, -0.2) is 26.3 Å². The number of piperidine rings is 1. The number of nitrogens with one attached hydrogen (secondary N) is 1. The molecule has 0 atom stereocenters. The molecule has 1 fully saturated rings. The second kappa shape index (κ2) is 5.03. The smallest absolute Gasteiger partial charge is 0.0595 e. The first-order chi connectivity index (χ1) is 3.93. The number of halogens is 1. The normalized spacial score (nSPS) is 21.0. The van der Waals surface area contributed by atoms with Gasteiger partial charge in [0, 0.05) is 7.11 Å². The van der Waals surface area contributed by atoms with E-state index < -0.39 is 0 Å². The van der Waals surface area contributed by atoms with E-state index in [2.05, 4.69) is 5.32 Å². The van der Waals surface area contributed by atoms with Crippen LogP contribution in [0, 0.1) is 0 Å². The highest BCUT2D eigenvalue weighted by Gasteiger charge is 2.09. The average Bonchev–Trinajstić information content (AvgIpc) is 1.90. The van der Waals surface area contributed by atoms with Gasteiger partial charge in [-0.3, -0.25) is 0 Å². The van der Waals surface area contributed by atoms with Gasteiger partial charge in [-0.2, -0.15) is 0 Å². The van der Waals surface area contributed by atoms with E-state index in [0.29, 0.717) is 6.10 Å². The SMILES string of the molecule is COC1CCNCC1.Cl. The zero-order valence-electron chi connectivity index (χ0n) is 5.72. The fraction of sp³-hybridized carbons (Fsp3) is 1.00. The van der Waals surface area contributed by atoms with Crippen LogP contribution in [0.1, 0.15) is 12.8 Å². The van der Waals surface area contributed by atoms with Gasteiger partial charge in [0.05, 0.1) is 6.10 Å². The second-order valence-corrected chi connectivity index (χ2v) is 2.19. The molecule has 0 aromatic heterocycles. The molecule has 1 aliphatic rings. The molecule has 1 saturated heterocycles. The van der Waals surface area contributed by atoms with Gasteiger partial charge in [-0.15, -0.1) is 12.4 Å². The summed E-state index contributed by atoms with van der Waals surface area (Å²) in [6, 6.07) is 0. The van der Waals surface area contributed by atoms with Crippen LogP contribution in [0.15, 0.2) is 0 Å². The van der Waals surface area contributed by atoms with Gasteiger partial charge in [-0.25, -0.2) is 0 Å². The van der Waals surface area contributed by atoms with Gasteiger partial charge >= 0.3 is 0 Å². The Labute approximate surface area is 62.4 Å². The molecule has 3 heteroatoms. The number of hydrogen-bond donors (Lipinski definition) is 1. The molecule has 2 nitrogen and oxygen atoms in total. The van der Waals surface area contributed by atoms with E-state index in [0.717, 1.165) is 13.1 Å². The third-order valence-corrected chi connectivity index (χ3v) is 1.62. The van der Waals surface area contributed by atoms with Crippen LogP contribution in [0.3, 0.4) is 0 Å². The van der Waals surface area contributed by atoms with Crippen molar-refractivity contribution < 1.29 is 4.74 Å². The summed E-state index contributed by atoms with van der Waals surface area (Å²) in [5, 5.41) is 3.27. The van der Waals surface area contributed by atoms with Crippen LogP contribution in [0.5, 0.6) is 0 Å². The number of methoxy groups -OCH3 is 1. The molecule has 56 valence electrons. The molecule has 9 heavy (non-hydrogen) atoms.